The number of hydrogen-bond acceptors (Lipinski definition) is 5. The van der Waals surface area contributed by atoms with E-state index in [4.69, 9.17) is 4.74 Å². The molecule has 0 N–H and O–H groups in total. The quantitative estimate of drug-likeness (QED) is 0.731. The van der Waals surface area contributed by atoms with Gasteiger partial charge >= 0.3 is 0 Å². The topological polar surface area (TPSA) is 38.2 Å². The molecule has 0 aliphatic rings. The van der Waals surface area contributed by atoms with Crippen molar-refractivity contribution in [1.29, 1.82) is 0 Å². The summed E-state index contributed by atoms with van der Waals surface area (Å²) in [6.07, 6.45) is 1.95. The summed E-state index contributed by atoms with van der Waals surface area (Å²) in [5, 5.41) is 2.24. The minimum absolute atomic E-state index is 0.831. The predicted octanol–water partition coefficient (Wildman–Crippen LogP) is 3.95. The van der Waals surface area contributed by atoms with E-state index in [0.717, 1.165) is 33.9 Å². The molecule has 0 unspecified atom stereocenters. The molecular formula is C17H19N3OS. The third-order valence-corrected chi connectivity index (χ3v) is 4.49. The lowest BCUT2D eigenvalue weighted by Crippen LogP contribution is -2.16. The molecular weight excluding hydrogens is 294 g/mol. The number of anilines is 1. The summed E-state index contributed by atoms with van der Waals surface area (Å²) in [5.41, 5.74) is 3.14. The van der Waals surface area contributed by atoms with Crippen molar-refractivity contribution in [3.63, 3.8) is 0 Å². The number of thiazole rings is 1. The molecule has 2 heterocycles. The summed E-state index contributed by atoms with van der Waals surface area (Å²) in [4.78, 5) is 12.5. The molecule has 0 atom stereocenters. The van der Waals surface area contributed by atoms with Crippen LogP contribution in [0.2, 0.25) is 0 Å². The minimum atomic E-state index is 0.831. The molecule has 114 valence electrons. The van der Waals surface area contributed by atoms with E-state index in [0.29, 0.717) is 0 Å². The van der Waals surface area contributed by atoms with E-state index < -0.39 is 0 Å². The zero-order chi connectivity index (χ0) is 15.7. The number of hydrogen-bond donors (Lipinski definition) is 0. The second kappa shape index (κ2) is 5.93. The largest absolute Gasteiger partial charge is 0.497 e. The molecule has 3 aromatic rings. The highest BCUT2D eigenvalue weighted by molar-refractivity contribution is 7.11. The van der Waals surface area contributed by atoms with Crippen molar-refractivity contribution in [2.45, 2.75) is 20.4 Å². The molecule has 0 bridgehead atoms. The number of nitrogens with zero attached hydrogens (tertiary/aromatic N) is 3. The van der Waals surface area contributed by atoms with Gasteiger partial charge in [-0.3, -0.25) is 4.98 Å². The Morgan fingerprint density at radius 1 is 1.23 bits per heavy atom. The minimum Gasteiger partial charge on any atom is -0.497 e. The van der Waals surface area contributed by atoms with E-state index in [1.165, 1.54) is 10.6 Å². The number of aromatic nitrogens is 2. The first-order valence-electron chi connectivity index (χ1n) is 7.14. The summed E-state index contributed by atoms with van der Waals surface area (Å²) < 4.78 is 5.30. The molecule has 0 saturated heterocycles. The Labute approximate surface area is 134 Å². The van der Waals surface area contributed by atoms with Crippen LogP contribution in [0.3, 0.4) is 0 Å². The Morgan fingerprint density at radius 2 is 2.05 bits per heavy atom. The van der Waals surface area contributed by atoms with Crippen molar-refractivity contribution in [3.05, 3.63) is 46.0 Å². The van der Waals surface area contributed by atoms with Crippen molar-refractivity contribution in [3.8, 4) is 5.75 Å². The molecule has 0 amide bonds. The molecule has 0 spiro atoms. The van der Waals surface area contributed by atoms with Crippen LogP contribution in [0.4, 0.5) is 5.69 Å². The van der Waals surface area contributed by atoms with Crippen molar-refractivity contribution in [2.75, 3.05) is 19.1 Å². The van der Waals surface area contributed by atoms with Crippen molar-refractivity contribution in [2.24, 2.45) is 0 Å². The van der Waals surface area contributed by atoms with Crippen LogP contribution in [0, 0.1) is 13.8 Å². The van der Waals surface area contributed by atoms with Crippen LogP contribution in [0.25, 0.3) is 10.9 Å². The fraction of sp³-hybridized carbons (Fsp3) is 0.294. The smallest absolute Gasteiger partial charge is 0.121 e. The monoisotopic (exact) mass is 313 g/mol. The summed E-state index contributed by atoms with van der Waals surface area (Å²) in [5.74, 6) is 0.831. The normalized spacial score (nSPS) is 10.9. The van der Waals surface area contributed by atoms with Gasteiger partial charge in [0.05, 0.1) is 24.2 Å². The number of ether oxygens (including phenoxy) is 1. The third-order valence-electron chi connectivity index (χ3n) is 3.60. The van der Waals surface area contributed by atoms with Crippen LogP contribution < -0.4 is 9.64 Å². The maximum atomic E-state index is 5.30. The van der Waals surface area contributed by atoms with E-state index in [-0.39, 0.29) is 0 Å². The Hall–Kier alpha value is -2.14. The molecule has 3 rings (SSSR count). The lowest BCUT2D eigenvalue weighted by atomic mass is 10.1. The Bertz CT molecular complexity index is 813. The van der Waals surface area contributed by atoms with Gasteiger partial charge in [0.1, 0.15) is 5.75 Å². The molecule has 0 saturated carbocycles. The highest BCUT2D eigenvalue weighted by Crippen LogP contribution is 2.30. The molecule has 4 nitrogen and oxygen atoms in total. The number of fused-ring (bicyclic) bond motifs is 1. The number of aryl methyl sites for hydroxylation is 2. The highest BCUT2D eigenvalue weighted by Gasteiger charge is 2.11. The SMILES string of the molecule is COc1ccc2c(N(C)Cc3cnc(C)s3)cc(C)nc2c1. The number of rotatable bonds is 4. The molecule has 5 heteroatoms. The second-order valence-corrected chi connectivity index (χ2v) is 6.69. The van der Waals surface area contributed by atoms with Crippen LogP contribution in [0.15, 0.2) is 30.5 Å². The van der Waals surface area contributed by atoms with Crippen LogP contribution >= 0.6 is 11.3 Å². The van der Waals surface area contributed by atoms with Gasteiger partial charge in [-0.15, -0.1) is 11.3 Å². The van der Waals surface area contributed by atoms with E-state index in [2.05, 4.69) is 34.0 Å². The number of pyridine rings is 1. The number of benzene rings is 1. The van der Waals surface area contributed by atoms with Crippen molar-refractivity contribution in [1.82, 2.24) is 9.97 Å². The van der Waals surface area contributed by atoms with Gasteiger partial charge in [0.25, 0.3) is 0 Å². The van der Waals surface area contributed by atoms with Gasteiger partial charge in [-0.25, -0.2) is 4.98 Å². The van der Waals surface area contributed by atoms with Gasteiger partial charge < -0.3 is 9.64 Å². The average molecular weight is 313 g/mol. The Balaban J connectivity index is 2.01. The molecule has 1 aromatic carbocycles. The molecule has 0 fully saturated rings. The Morgan fingerprint density at radius 3 is 2.73 bits per heavy atom. The van der Waals surface area contributed by atoms with Gasteiger partial charge in [0.15, 0.2) is 0 Å². The summed E-state index contributed by atoms with van der Waals surface area (Å²) in [6, 6.07) is 8.16. The van der Waals surface area contributed by atoms with Gasteiger partial charge in [0, 0.05) is 41.0 Å². The zero-order valence-electron chi connectivity index (χ0n) is 13.3. The molecule has 2 aromatic heterocycles. The summed E-state index contributed by atoms with van der Waals surface area (Å²) in [7, 11) is 3.78. The van der Waals surface area contributed by atoms with Crippen LogP contribution in [0.1, 0.15) is 15.6 Å². The Kier molecular flexibility index (Phi) is 3.98. The zero-order valence-corrected chi connectivity index (χ0v) is 14.1. The van der Waals surface area contributed by atoms with E-state index in [9.17, 15) is 0 Å². The van der Waals surface area contributed by atoms with Crippen molar-refractivity contribution >= 4 is 27.9 Å². The lowest BCUT2D eigenvalue weighted by molar-refractivity contribution is 0.415. The second-order valence-electron chi connectivity index (χ2n) is 5.37. The first-order valence-corrected chi connectivity index (χ1v) is 7.96. The van der Waals surface area contributed by atoms with Crippen molar-refractivity contribution < 1.29 is 4.74 Å². The van der Waals surface area contributed by atoms with E-state index in [1.807, 2.05) is 32.2 Å². The maximum absolute atomic E-state index is 5.30. The molecule has 0 radical (unpaired) electrons. The van der Waals surface area contributed by atoms with Crippen LogP contribution in [-0.2, 0) is 6.54 Å². The highest BCUT2D eigenvalue weighted by atomic mass is 32.1. The third kappa shape index (κ3) is 2.90. The predicted molar refractivity (Wildman–Crippen MR) is 92.0 cm³/mol. The number of methoxy groups -OCH3 is 1. The fourth-order valence-corrected chi connectivity index (χ4v) is 3.41. The standard InChI is InChI=1S/C17H19N3OS/c1-11-7-17(20(3)10-14-9-18-12(2)22-14)15-6-5-13(21-4)8-16(15)19-11/h5-9H,10H2,1-4H3. The summed E-state index contributed by atoms with van der Waals surface area (Å²) >= 11 is 1.74. The average Bonchev–Trinajstić information content (AvgIpc) is 2.90. The summed E-state index contributed by atoms with van der Waals surface area (Å²) in [6.45, 7) is 4.90. The van der Waals surface area contributed by atoms with Crippen LogP contribution in [0.5, 0.6) is 5.75 Å². The molecule has 0 aliphatic carbocycles. The van der Waals surface area contributed by atoms with Gasteiger partial charge in [-0.2, -0.15) is 0 Å². The molecule has 0 aliphatic heterocycles. The maximum Gasteiger partial charge on any atom is 0.121 e. The van der Waals surface area contributed by atoms with Gasteiger partial charge in [0.2, 0.25) is 0 Å². The first-order chi connectivity index (χ1) is 10.6. The lowest BCUT2D eigenvalue weighted by Gasteiger charge is -2.21. The van der Waals surface area contributed by atoms with Gasteiger partial charge in [-0.1, -0.05) is 0 Å². The van der Waals surface area contributed by atoms with E-state index >= 15 is 0 Å². The fourth-order valence-electron chi connectivity index (χ4n) is 2.56. The van der Waals surface area contributed by atoms with E-state index in [1.54, 1.807) is 18.4 Å². The van der Waals surface area contributed by atoms with Gasteiger partial charge in [-0.05, 0) is 32.0 Å². The van der Waals surface area contributed by atoms with Crippen LogP contribution in [-0.4, -0.2) is 24.1 Å². The molecule has 22 heavy (non-hydrogen) atoms. The first kappa shape index (κ1) is 14.8.